The number of esters is 2. The van der Waals surface area contributed by atoms with Crippen LogP contribution in [0.2, 0.25) is 0 Å². The summed E-state index contributed by atoms with van der Waals surface area (Å²) < 4.78 is 10.7. The fraction of sp³-hybridized carbons (Fsp3) is 0.742. The summed E-state index contributed by atoms with van der Waals surface area (Å²) in [7, 11) is 0. The van der Waals surface area contributed by atoms with Gasteiger partial charge in [-0.25, -0.2) is 0 Å². The Morgan fingerprint density at radius 2 is 0.642 bits per heavy atom. The van der Waals surface area contributed by atoms with Gasteiger partial charge in [0.1, 0.15) is 6.61 Å². The first-order valence-electron chi connectivity index (χ1n) is 28.6. The van der Waals surface area contributed by atoms with Gasteiger partial charge in [-0.2, -0.15) is 0 Å². The lowest BCUT2D eigenvalue weighted by Gasteiger charge is -2.15. The number of allylic oxidation sites excluding steroid dienone is 14. The van der Waals surface area contributed by atoms with E-state index in [1.165, 1.54) is 167 Å². The van der Waals surface area contributed by atoms with Crippen molar-refractivity contribution in [1.82, 2.24) is 0 Å². The van der Waals surface area contributed by atoms with E-state index in [-0.39, 0.29) is 25.2 Å². The molecule has 0 amide bonds. The number of carbonyl (C=O) groups excluding carboxylic acids is 2. The van der Waals surface area contributed by atoms with Gasteiger partial charge in [0.05, 0.1) is 6.61 Å². The number of aliphatic hydroxyl groups is 1. The number of rotatable bonds is 52. The Morgan fingerprint density at radius 1 is 0.358 bits per heavy atom. The van der Waals surface area contributed by atoms with Gasteiger partial charge in [-0.05, 0) is 70.6 Å². The van der Waals surface area contributed by atoms with E-state index in [1.54, 1.807) is 0 Å². The van der Waals surface area contributed by atoms with Gasteiger partial charge in [0.15, 0.2) is 6.10 Å². The molecule has 1 unspecified atom stereocenters. The Balaban J connectivity index is 3.44. The van der Waals surface area contributed by atoms with Crippen molar-refractivity contribution in [1.29, 1.82) is 0 Å². The van der Waals surface area contributed by atoms with Crippen LogP contribution in [0.5, 0.6) is 0 Å². The second kappa shape index (κ2) is 57.4. The van der Waals surface area contributed by atoms with E-state index >= 15 is 0 Å². The van der Waals surface area contributed by atoms with Crippen LogP contribution in [-0.4, -0.2) is 36.4 Å². The molecule has 386 valence electrons. The quantitative estimate of drug-likeness (QED) is 0.0374. The molecular formula is C62H108O5. The molecule has 0 fully saturated rings. The minimum absolute atomic E-state index is 0.0625. The van der Waals surface area contributed by atoms with Gasteiger partial charge in [-0.3, -0.25) is 9.59 Å². The Morgan fingerprint density at radius 3 is 0.970 bits per heavy atom. The molecule has 0 aromatic heterocycles. The molecule has 67 heavy (non-hydrogen) atoms. The topological polar surface area (TPSA) is 72.8 Å². The highest BCUT2D eigenvalue weighted by molar-refractivity contribution is 5.70. The molecular weight excluding hydrogens is 825 g/mol. The molecule has 0 spiro atoms. The number of carbonyl (C=O) groups is 2. The molecule has 0 aliphatic rings. The molecule has 1 N–H and O–H groups in total. The van der Waals surface area contributed by atoms with Crippen LogP contribution in [0.3, 0.4) is 0 Å². The van der Waals surface area contributed by atoms with Crippen LogP contribution in [0.15, 0.2) is 85.1 Å². The summed E-state index contributed by atoms with van der Waals surface area (Å²) in [6.45, 7) is 4.04. The number of hydrogen-bond acceptors (Lipinski definition) is 5. The zero-order valence-corrected chi connectivity index (χ0v) is 44.1. The van der Waals surface area contributed by atoms with Crippen molar-refractivity contribution in [3.8, 4) is 0 Å². The van der Waals surface area contributed by atoms with Crippen molar-refractivity contribution in [2.45, 2.75) is 283 Å². The van der Waals surface area contributed by atoms with Crippen molar-refractivity contribution < 1.29 is 24.2 Å². The van der Waals surface area contributed by atoms with Crippen molar-refractivity contribution >= 4 is 11.9 Å². The van der Waals surface area contributed by atoms with E-state index in [4.69, 9.17) is 9.47 Å². The van der Waals surface area contributed by atoms with Crippen LogP contribution in [-0.2, 0) is 19.1 Å². The SMILES string of the molecule is CC/C=C\C/C=C\C/C=C\C/C=C\C/C=C\C/C=C\C/C=C\CCCCCCCCCCCCCCCCCCCCCC(=O)OC(CO)COC(=O)CCCCCCCCCCCCCC. The van der Waals surface area contributed by atoms with Gasteiger partial charge in [-0.15, -0.1) is 0 Å². The molecule has 5 heteroatoms. The van der Waals surface area contributed by atoms with Crippen LogP contribution < -0.4 is 0 Å². The summed E-state index contributed by atoms with van der Waals surface area (Å²) in [4.78, 5) is 24.4. The lowest BCUT2D eigenvalue weighted by molar-refractivity contribution is -0.161. The highest BCUT2D eigenvalue weighted by atomic mass is 16.6. The average molecular weight is 934 g/mol. The molecule has 0 saturated heterocycles. The van der Waals surface area contributed by atoms with Gasteiger partial charge < -0.3 is 14.6 Å². The van der Waals surface area contributed by atoms with Gasteiger partial charge in [0.2, 0.25) is 0 Å². The maximum atomic E-state index is 12.3. The molecule has 1 atom stereocenters. The molecule has 0 aromatic carbocycles. The maximum Gasteiger partial charge on any atom is 0.306 e. The van der Waals surface area contributed by atoms with Crippen LogP contribution >= 0.6 is 0 Å². The molecule has 0 aliphatic carbocycles. The average Bonchev–Trinajstić information content (AvgIpc) is 3.33. The standard InChI is InChI=1S/C62H108O5/c1-3-5-7-9-11-13-15-17-18-19-20-21-22-23-24-25-26-27-28-29-30-31-32-33-34-35-36-37-38-39-40-41-42-43-44-45-47-49-51-53-55-57-62(65)67-60(58-63)59-66-61(64)56-54-52-50-48-46-16-14-12-10-8-6-4-2/h5,7,11,13,17-18,20-21,23-24,26-27,29-30,60,63H,3-4,6,8-10,12,14-16,19,22,25,28,31-59H2,1-2H3/b7-5-,13-11-,18-17-,21-20-,24-23-,27-26-,30-29-. The highest BCUT2D eigenvalue weighted by Gasteiger charge is 2.16. The summed E-state index contributed by atoms with van der Waals surface area (Å²) in [6.07, 6.45) is 80.0. The van der Waals surface area contributed by atoms with Crippen LogP contribution in [0, 0.1) is 0 Å². The number of aliphatic hydroxyl groups excluding tert-OH is 1. The highest BCUT2D eigenvalue weighted by Crippen LogP contribution is 2.17. The summed E-state index contributed by atoms with van der Waals surface area (Å²) in [5, 5.41) is 9.61. The third-order valence-corrected chi connectivity index (χ3v) is 12.5. The molecule has 0 radical (unpaired) electrons. The number of hydrogen-bond donors (Lipinski definition) is 1. The lowest BCUT2D eigenvalue weighted by Crippen LogP contribution is -2.28. The van der Waals surface area contributed by atoms with Crippen molar-refractivity contribution in [3.63, 3.8) is 0 Å². The third-order valence-electron chi connectivity index (χ3n) is 12.5. The first-order chi connectivity index (χ1) is 33.1. The molecule has 0 saturated carbocycles. The third kappa shape index (κ3) is 55.6. The Labute approximate surface area is 416 Å². The van der Waals surface area contributed by atoms with Crippen molar-refractivity contribution in [2.75, 3.05) is 13.2 Å². The van der Waals surface area contributed by atoms with E-state index in [9.17, 15) is 14.7 Å². The molecule has 0 aliphatic heterocycles. The van der Waals surface area contributed by atoms with E-state index in [1.807, 2.05) is 0 Å². The molecule has 0 heterocycles. The zero-order valence-electron chi connectivity index (χ0n) is 44.1. The minimum atomic E-state index is -0.769. The predicted octanol–water partition coefficient (Wildman–Crippen LogP) is 19.4. The van der Waals surface area contributed by atoms with Crippen LogP contribution in [0.1, 0.15) is 277 Å². The minimum Gasteiger partial charge on any atom is -0.462 e. The largest absolute Gasteiger partial charge is 0.462 e. The van der Waals surface area contributed by atoms with E-state index < -0.39 is 6.10 Å². The molecule has 0 bridgehead atoms. The second-order valence-corrected chi connectivity index (χ2v) is 19.0. The Hall–Kier alpha value is -2.92. The number of ether oxygens (including phenoxy) is 2. The first kappa shape index (κ1) is 64.1. The van der Waals surface area contributed by atoms with Crippen molar-refractivity contribution in [2.24, 2.45) is 0 Å². The fourth-order valence-electron chi connectivity index (χ4n) is 8.18. The maximum absolute atomic E-state index is 12.3. The van der Waals surface area contributed by atoms with Gasteiger partial charge >= 0.3 is 11.9 Å². The van der Waals surface area contributed by atoms with Gasteiger partial charge in [-0.1, -0.05) is 279 Å². The van der Waals surface area contributed by atoms with Gasteiger partial charge in [0, 0.05) is 12.8 Å². The van der Waals surface area contributed by atoms with Gasteiger partial charge in [0.25, 0.3) is 0 Å². The first-order valence-corrected chi connectivity index (χ1v) is 28.6. The zero-order chi connectivity index (χ0) is 48.5. The number of unbranched alkanes of at least 4 members (excludes halogenated alkanes) is 30. The molecule has 5 nitrogen and oxygen atoms in total. The van der Waals surface area contributed by atoms with E-state index in [0.717, 1.165) is 83.5 Å². The Kier molecular flexibility index (Phi) is 54.9. The summed E-state index contributed by atoms with van der Waals surface area (Å²) in [6, 6.07) is 0. The fourth-order valence-corrected chi connectivity index (χ4v) is 8.18. The summed E-state index contributed by atoms with van der Waals surface area (Å²) >= 11 is 0. The predicted molar refractivity (Wildman–Crippen MR) is 293 cm³/mol. The monoisotopic (exact) mass is 933 g/mol. The lowest BCUT2D eigenvalue weighted by atomic mass is 10.0. The molecule has 0 rings (SSSR count). The summed E-state index contributed by atoms with van der Waals surface area (Å²) in [5.41, 5.74) is 0. The van der Waals surface area contributed by atoms with Crippen molar-refractivity contribution in [3.05, 3.63) is 85.1 Å². The van der Waals surface area contributed by atoms with Crippen LogP contribution in [0.4, 0.5) is 0 Å². The second-order valence-electron chi connectivity index (χ2n) is 19.0. The smallest absolute Gasteiger partial charge is 0.306 e. The summed E-state index contributed by atoms with van der Waals surface area (Å²) in [5.74, 6) is -0.581. The normalized spacial score (nSPS) is 12.8. The van der Waals surface area contributed by atoms with E-state index in [2.05, 4.69) is 98.9 Å². The Bertz CT molecular complexity index is 1240. The molecule has 0 aromatic rings. The van der Waals surface area contributed by atoms with E-state index in [0.29, 0.717) is 12.8 Å². The van der Waals surface area contributed by atoms with Crippen LogP contribution in [0.25, 0.3) is 0 Å².